The zero-order valence-corrected chi connectivity index (χ0v) is 12.0. The first-order valence-electron chi connectivity index (χ1n) is 7.15. The van der Waals surface area contributed by atoms with Gasteiger partial charge in [0.05, 0.1) is 5.52 Å². The smallest absolute Gasteiger partial charge is 0.0728 e. The van der Waals surface area contributed by atoms with Crippen LogP contribution in [0.3, 0.4) is 0 Å². The van der Waals surface area contributed by atoms with Gasteiger partial charge in [-0.05, 0) is 35.2 Å². The lowest BCUT2D eigenvalue weighted by atomic mass is 9.98. The van der Waals surface area contributed by atoms with E-state index in [4.69, 9.17) is 11.5 Å². The molecule has 0 amide bonds. The molecule has 4 rings (SSSR count). The zero-order chi connectivity index (χ0) is 15.1. The number of nitrogen functional groups attached to an aromatic ring is 2. The Morgan fingerprint density at radius 3 is 2.41 bits per heavy atom. The Bertz CT molecular complexity index is 992. The van der Waals surface area contributed by atoms with E-state index < -0.39 is 0 Å². The van der Waals surface area contributed by atoms with Crippen LogP contribution in [0.25, 0.3) is 32.8 Å². The molecular formula is C19H15N3. The van der Waals surface area contributed by atoms with Crippen molar-refractivity contribution in [2.75, 3.05) is 11.5 Å². The number of rotatable bonds is 1. The summed E-state index contributed by atoms with van der Waals surface area (Å²) < 4.78 is 0. The minimum absolute atomic E-state index is 0.720. The summed E-state index contributed by atoms with van der Waals surface area (Å²) in [6.45, 7) is 0. The molecule has 0 aliphatic heterocycles. The Morgan fingerprint density at radius 2 is 1.59 bits per heavy atom. The van der Waals surface area contributed by atoms with Gasteiger partial charge in [-0.3, -0.25) is 4.98 Å². The molecule has 22 heavy (non-hydrogen) atoms. The Hall–Kier alpha value is -3.07. The first kappa shape index (κ1) is 12.7. The predicted molar refractivity (Wildman–Crippen MR) is 93.5 cm³/mol. The lowest BCUT2D eigenvalue weighted by molar-refractivity contribution is 1.44. The fraction of sp³-hybridized carbons (Fsp3) is 0. The molecule has 0 aliphatic carbocycles. The molecule has 0 atom stereocenters. The topological polar surface area (TPSA) is 64.9 Å². The molecule has 3 aromatic carbocycles. The number of anilines is 2. The summed E-state index contributed by atoms with van der Waals surface area (Å²) in [7, 11) is 0. The number of fused-ring (bicyclic) bond motifs is 3. The summed E-state index contributed by atoms with van der Waals surface area (Å²) in [6.07, 6.45) is 1.85. The Morgan fingerprint density at radius 1 is 0.773 bits per heavy atom. The van der Waals surface area contributed by atoms with E-state index in [0.717, 1.165) is 44.2 Å². The van der Waals surface area contributed by atoms with Gasteiger partial charge in [-0.15, -0.1) is 0 Å². The summed E-state index contributed by atoms with van der Waals surface area (Å²) in [4.78, 5) is 4.48. The normalized spacial score (nSPS) is 11.1. The third-order valence-corrected chi connectivity index (χ3v) is 3.96. The van der Waals surface area contributed by atoms with Crippen LogP contribution in [0.2, 0.25) is 0 Å². The molecule has 1 aromatic heterocycles. The molecule has 0 saturated carbocycles. The second-order valence-corrected chi connectivity index (χ2v) is 5.43. The molecule has 3 nitrogen and oxygen atoms in total. The highest BCUT2D eigenvalue weighted by Gasteiger charge is 2.08. The molecule has 0 bridgehead atoms. The van der Waals surface area contributed by atoms with Gasteiger partial charge in [0, 0.05) is 33.9 Å². The molecule has 4 aromatic rings. The maximum atomic E-state index is 6.24. The summed E-state index contributed by atoms with van der Waals surface area (Å²) >= 11 is 0. The number of hydrogen-bond acceptors (Lipinski definition) is 3. The van der Waals surface area contributed by atoms with E-state index in [1.165, 1.54) is 0 Å². The number of pyridine rings is 1. The van der Waals surface area contributed by atoms with Crippen LogP contribution in [-0.4, -0.2) is 4.98 Å². The van der Waals surface area contributed by atoms with Crippen LogP contribution < -0.4 is 11.5 Å². The quantitative estimate of drug-likeness (QED) is 0.406. The monoisotopic (exact) mass is 285 g/mol. The zero-order valence-electron chi connectivity index (χ0n) is 12.0. The minimum atomic E-state index is 0.720. The highest BCUT2D eigenvalue weighted by molar-refractivity contribution is 6.09. The van der Waals surface area contributed by atoms with Gasteiger partial charge in [0.2, 0.25) is 0 Å². The second-order valence-electron chi connectivity index (χ2n) is 5.43. The molecule has 106 valence electrons. The lowest BCUT2D eigenvalue weighted by Gasteiger charge is -2.10. The number of nitrogens with zero attached hydrogens (tertiary/aromatic N) is 1. The average molecular weight is 285 g/mol. The van der Waals surface area contributed by atoms with Gasteiger partial charge in [0.25, 0.3) is 0 Å². The first-order valence-corrected chi connectivity index (χ1v) is 7.15. The van der Waals surface area contributed by atoms with Gasteiger partial charge in [-0.25, -0.2) is 0 Å². The molecule has 0 unspecified atom stereocenters. The summed E-state index contributed by atoms with van der Waals surface area (Å²) in [5, 5.41) is 3.26. The maximum absolute atomic E-state index is 6.24. The van der Waals surface area contributed by atoms with Crippen LogP contribution in [0.4, 0.5) is 11.4 Å². The Labute approximate surface area is 128 Å². The predicted octanol–water partition coefficient (Wildman–Crippen LogP) is 4.22. The molecule has 0 aliphatic rings. The van der Waals surface area contributed by atoms with E-state index in [1.54, 1.807) is 0 Å². The van der Waals surface area contributed by atoms with E-state index in [-0.39, 0.29) is 0 Å². The van der Waals surface area contributed by atoms with Crippen LogP contribution in [0.5, 0.6) is 0 Å². The van der Waals surface area contributed by atoms with Gasteiger partial charge < -0.3 is 11.5 Å². The fourth-order valence-corrected chi connectivity index (χ4v) is 2.86. The first-order chi connectivity index (χ1) is 10.7. The Balaban J connectivity index is 2.08. The molecule has 3 heteroatoms. The summed E-state index contributed by atoms with van der Waals surface area (Å²) in [6, 6.07) is 20.1. The average Bonchev–Trinajstić information content (AvgIpc) is 2.54. The highest BCUT2D eigenvalue weighted by atomic mass is 14.7. The number of aromatic nitrogens is 1. The second kappa shape index (κ2) is 4.74. The molecule has 0 radical (unpaired) electrons. The fourth-order valence-electron chi connectivity index (χ4n) is 2.86. The SMILES string of the molecule is Nc1ccc2c(c1)ncc1cc(N)c(-c3ccccc3)cc12. The third-order valence-electron chi connectivity index (χ3n) is 3.96. The standard InChI is InChI=1S/C19H15N3/c20-14-6-7-15-16-10-17(12-4-2-1-3-5-12)18(21)8-13(16)11-22-19(15)9-14/h1-11H,20-21H2. The van der Waals surface area contributed by atoms with Crippen molar-refractivity contribution in [1.29, 1.82) is 0 Å². The van der Waals surface area contributed by atoms with Crippen molar-refractivity contribution in [1.82, 2.24) is 4.98 Å². The van der Waals surface area contributed by atoms with Crippen molar-refractivity contribution in [3.63, 3.8) is 0 Å². The van der Waals surface area contributed by atoms with E-state index in [1.807, 2.05) is 48.7 Å². The van der Waals surface area contributed by atoms with Crippen LogP contribution in [0, 0.1) is 0 Å². The van der Waals surface area contributed by atoms with Crippen molar-refractivity contribution >= 4 is 33.1 Å². The van der Waals surface area contributed by atoms with Crippen LogP contribution in [0.15, 0.2) is 66.9 Å². The lowest BCUT2D eigenvalue weighted by Crippen LogP contribution is -1.92. The van der Waals surface area contributed by atoms with E-state index in [9.17, 15) is 0 Å². The number of hydrogen-bond donors (Lipinski definition) is 2. The Kier molecular flexibility index (Phi) is 2.73. The minimum Gasteiger partial charge on any atom is -0.399 e. The van der Waals surface area contributed by atoms with Crippen LogP contribution >= 0.6 is 0 Å². The molecule has 0 spiro atoms. The van der Waals surface area contributed by atoms with E-state index in [0.29, 0.717) is 0 Å². The van der Waals surface area contributed by atoms with Gasteiger partial charge >= 0.3 is 0 Å². The largest absolute Gasteiger partial charge is 0.399 e. The van der Waals surface area contributed by atoms with Gasteiger partial charge in [-0.2, -0.15) is 0 Å². The van der Waals surface area contributed by atoms with Crippen molar-refractivity contribution < 1.29 is 0 Å². The van der Waals surface area contributed by atoms with Crippen LogP contribution in [-0.2, 0) is 0 Å². The molecule has 0 fully saturated rings. The van der Waals surface area contributed by atoms with Gasteiger partial charge in [-0.1, -0.05) is 36.4 Å². The maximum Gasteiger partial charge on any atom is 0.0728 e. The van der Waals surface area contributed by atoms with Gasteiger partial charge in [0.1, 0.15) is 0 Å². The third kappa shape index (κ3) is 1.95. The van der Waals surface area contributed by atoms with Crippen molar-refractivity contribution in [3.8, 4) is 11.1 Å². The number of benzene rings is 3. The molecule has 0 saturated heterocycles. The van der Waals surface area contributed by atoms with Crippen molar-refractivity contribution in [2.24, 2.45) is 0 Å². The summed E-state index contributed by atoms with van der Waals surface area (Å²) in [5.74, 6) is 0. The molecule has 1 heterocycles. The van der Waals surface area contributed by atoms with E-state index >= 15 is 0 Å². The van der Waals surface area contributed by atoms with E-state index in [2.05, 4.69) is 23.2 Å². The number of nitrogens with two attached hydrogens (primary N) is 2. The molecule has 4 N–H and O–H groups in total. The van der Waals surface area contributed by atoms with Gasteiger partial charge in [0.15, 0.2) is 0 Å². The summed E-state index contributed by atoms with van der Waals surface area (Å²) in [5.41, 5.74) is 16.6. The molecular weight excluding hydrogens is 270 g/mol. The van der Waals surface area contributed by atoms with Crippen molar-refractivity contribution in [3.05, 3.63) is 66.9 Å². The highest BCUT2D eigenvalue weighted by Crippen LogP contribution is 2.33. The van der Waals surface area contributed by atoms with Crippen molar-refractivity contribution in [2.45, 2.75) is 0 Å². The van der Waals surface area contributed by atoms with Crippen LogP contribution in [0.1, 0.15) is 0 Å².